The fraction of sp³-hybridized carbons (Fsp3) is 0.0870. The number of nitrogens with zero attached hydrogens (tertiary/aromatic N) is 2. The van der Waals surface area contributed by atoms with E-state index in [0.29, 0.717) is 21.9 Å². The zero-order valence-electron chi connectivity index (χ0n) is 16.6. The van der Waals surface area contributed by atoms with Crippen LogP contribution in [-0.4, -0.2) is 30.9 Å². The third-order valence-electron chi connectivity index (χ3n) is 4.65. The molecule has 1 amide bonds. The van der Waals surface area contributed by atoms with Crippen molar-refractivity contribution in [2.45, 2.75) is 6.18 Å². The molecular formula is C23H15F3N2O4. The molecule has 1 aliphatic rings. The largest absolute Gasteiger partial charge is 0.465 e. The van der Waals surface area contributed by atoms with Gasteiger partial charge in [0.2, 0.25) is 0 Å². The summed E-state index contributed by atoms with van der Waals surface area (Å²) in [6, 6.07) is 17.1. The molecule has 2 heterocycles. The number of hydrazone groups is 1. The minimum Gasteiger partial charge on any atom is -0.465 e. The molecule has 0 radical (unpaired) electrons. The van der Waals surface area contributed by atoms with Gasteiger partial charge in [-0.25, -0.2) is 4.79 Å². The van der Waals surface area contributed by atoms with Gasteiger partial charge in [-0.05, 0) is 42.5 Å². The number of esters is 1. The van der Waals surface area contributed by atoms with Crippen LogP contribution in [0, 0.1) is 0 Å². The molecule has 0 saturated heterocycles. The molecule has 0 fully saturated rings. The minimum atomic E-state index is -4.83. The normalized spacial score (nSPS) is 15.2. The first-order valence-electron chi connectivity index (χ1n) is 9.34. The Bertz CT molecular complexity index is 1230. The van der Waals surface area contributed by atoms with Gasteiger partial charge < -0.3 is 9.15 Å². The summed E-state index contributed by atoms with van der Waals surface area (Å²) in [5.41, 5.74) is -0.770. The number of rotatable bonds is 4. The summed E-state index contributed by atoms with van der Waals surface area (Å²) in [5, 5.41) is 4.22. The molecule has 32 heavy (non-hydrogen) atoms. The summed E-state index contributed by atoms with van der Waals surface area (Å²) in [6.45, 7) is 0. The highest BCUT2D eigenvalue weighted by molar-refractivity contribution is 6.34. The van der Waals surface area contributed by atoms with Crippen LogP contribution in [0.4, 0.5) is 18.9 Å². The molecule has 6 nitrogen and oxygen atoms in total. The standard InChI is InChI=1S/C23H15F3N2O4/c1-31-22(30)15-9-7-14(8-10-15)19-12-11-17(32-19)13-18-20(23(24,25)26)27-28(21(18)29)16-5-3-2-4-6-16/h2-13H,1H3/b18-13-. The predicted molar refractivity (Wildman–Crippen MR) is 111 cm³/mol. The molecule has 4 rings (SSSR count). The van der Waals surface area contributed by atoms with Crippen LogP contribution >= 0.6 is 0 Å². The second-order valence-corrected chi connectivity index (χ2v) is 6.73. The molecule has 0 bridgehead atoms. The van der Waals surface area contributed by atoms with Crippen molar-refractivity contribution in [1.29, 1.82) is 0 Å². The van der Waals surface area contributed by atoms with Crippen molar-refractivity contribution >= 4 is 29.4 Å². The molecule has 0 aliphatic carbocycles. The highest BCUT2D eigenvalue weighted by atomic mass is 19.4. The first kappa shape index (κ1) is 21.1. The molecule has 0 atom stereocenters. The lowest BCUT2D eigenvalue weighted by Crippen LogP contribution is -2.25. The van der Waals surface area contributed by atoms with Gasteiger partial charge in [0.1, 0.15) is 11.5 Å². The number of methoxy groups -OCH3 is 1. The van der Waals surface area contributed by atoms with Gasteiger partial charge in [0, 0.05) is 5.56 Å². The molecule has 0 saturated carbocycles. The van der Waals surface area contributed by atoms with Gasteiger partial charge in [-0.2, -0.15) is 23.3 Å². The molecule has 9 heteroatoms. The van der Waals surface area contributed by atoms with Crippen molar-refractivity contribution in [3.05, 3.63) is 83.6 Å². The minimum absolute atomic E-state index is 0.0484. The van der Waals surface area contributed by atoms with E-state index in [1.165, 1.54) is 37.4 Å². The van der Waals surface area contributed by atoms with Crippen LogP contribution < -0.4 is 5.01 Å². The number of carbonyl (C=O) groups is 2. The fourth-order valence-electron chi connectivity index (χ4n) is 3.11. The number of carbonyl (C=O) groups excluding carboxylic acids is 2. The second-order valence-electron chi connectivity index (χ2n) is 6.73. The lowest BCUT2D eigenvalue weighted by Gasteiger charge is -2.10. The zero-order chi connectivity index (χ0) is 22.9. The smallest absolute Gasteiger partial charge is 0.435 e. The lowest BCUT2D eigenvalue weighted by molar-refractivity contribution is -0.114. The number of hydrogen-bond acceptors (Lipinski definition) is 5. The van der Waals surface area contributed by atoms with Crippen molar-refractivity contribution < 1.29 is 31.9 Å². The number of ether oxygens (including phenoxy) is 1. The van der Waals surface area contributed by atoms with Crippen molar-refractivity contribution in [3.8, 4) is 11.3 Å². The Labute approximate surface area is 180 Å². The topological polar surface area (TPSA) is 72.1 Å². The summed E-state index contributed by atoms with van der Waals surface area (Å²) in [7, 11) is 1.27. The second kappa shape index (κ2) is 8.18. The average molecular weight is 440 g/mol. The van der Waals surface area contributed by atoms with Gasteiger partial charge in [-0.15, -0.1) is 0 Å². The first-order valence-corrected chi connectivity index (χ1v) is 9.34. The van der Waals surface area contributed by atoms with Crippen molar-refractivity contribution in [2.75, 3.05) is 12.1 Å². The maximum absolute atomic E-state index is 13.6. The number of anilines is 1. The highest BCUT2D eigenvalue weighted by Gasteiger charge is 2.47. The van der Waals surface area contributed by atoms with Gasteiger partial charge >= 0.3 is 12.1 Å². The quantitative estimate of drug-likeness (QED) is 0.419. The Balaban J connectivity index is 1.66. The van der Waals surface area contributed by atoms with Gasteiger partial charge in [0.15, 0.2) is 5.71 Å². The van der Waals surface area contributed by atoms with E-state index in [9.17, 15) is 22.8 Å². The van der Waals surface area contributed by atoms with E-state index in [1.807, 2.05) is 0 Å². The number of hydrogen-bond donors (Lipinski definition) is 0. The number of furan rings is 1. The lowest BCUT2D eigenvalue weighted by atomic mass is 10.1. The van der Waals surface area contributed by atoms with Crippen molar-refractivity contribution in [1.82, 2.24) is 0 Å². The Morgan fingerprint density at radius 1 is 1.03 bits per heavy atom. The Morgan fingerprint density at radius 3 is 2.34 bits per heavy atom. The molecule has 162 valence electrons. The van der Waals surface area contributed by atoms with Crippen molar-refractivity contribution in [3.63, 3.8) is 0 Å². The summed E-state index contributed by atoms with van der Waals surface area (Å²) < 4.78 is 50.9. The Morgan fingerprint density at radius 2 is 1.72 bits per heavy atom. The van der Waals surface area contributed by atoms with Gasteiger partial charge in [-0.1, -0.05) is 30.3 Å². The summed E-state index contributed by atoms with van der Waals surface area (Å²) in [4.78, 5) is 24.3. The molecule has 0 spiro atoms. The maximum Gasteiger partial charge on any atom is 0.435 e. The Hall–Kier alpha value is -4.14. The van der Waals surface area contributed by atoms with Crippen LogP contribution in [0.15, 0.2) is 81.8 Å². The van der Waals surface area contributed by atoms with E-state index in [4.69, 9.17) is 4.42 Å². The Kier molecular flexibility index (Phi) is 5.40. The van der Waals surface area contributed by atoms with E-state index in [2.05, 4.69) is 9.84 Å². The first-order chi connectivity index (χ1) is 15.3. The third kappa shape index (κ3) is 4.04. The van der Waals surface area contributed by atoms with Crippen LogP contribution in [-0.2, 0) is 9.53 Å². The summed E-state index contributed by atoms with van der Waals surface area (Å²) in [6.07, 6.45) is -3.81. The molecule has 3 aromatic rings. The summed E-state index contributed by atoms with van der Waals surface area (Å²) >= 11 is 0. The maximum atomic E-state index is 13.6. The number of halogens is 3. The van der Waals surface area contributed by atoms with Crippen LogP contribution in [0.3, 0.4) is 0 Å². The monoisotopic (exact) mass is 440 g/mol. The van der Waals surface area contributed by atoms with E-state index in [-0.39, 0.29) is 11.4 Å². The number of amides is 1. The predicted octanol–water partition coefficient (Wildman–Crippen LogP) is 5.08. The van der Waals surface area contributed by atoms with Crippen LogP contribution in [0.5, 0.6) is 0 Å². The van der Waals surface area contributed by atoms with Crippen LogP contribution in [0.1, 0.15) is 16.1 Å². The van der Waals surface area contributed by atoms with E-state index in [1.54, 1.807) is 36.4 Å². The fourth-order valence-corrected chi connectivity index (χ4v) is 3.11. The van der Waals surface area contributed by atoms with Crippen LogP contribution in [0.25, 0.3) is 17.4 Å². The molecule has 0 N–H and O–H groups in total. The van der Waals surface area contributed by atoms with Gasteiger partial charge in [0.25, 0.3) is 5.91 Å². The average Bonchev–Trinajstić information content (AvgIpc) is 3.39. The van der Waals surface area contributed by atoms with Crippen molar-refractivity contribution in [2.24, 2.45) is 5.10 Å². The van der Waals surface area contributed by atoms with E-state index >= 15 is 0 Å². The summed E-state index contributed by atoms with van der Waals surface area (Å²) in [5.74, 6) is -1.01. The molecule has 0 unspecified atom stereocenters. The zero-order valence-corrected chi connectivity index (χ0v) is 16.6. The van der Waals surface area contributed by atoms with E-state index in [0.717, 1.165) is 6.08 Å². The number of benzene rings is 2. The SMILES string of the molecule is COC(=O)c1ccc(-c2ccc(/C=C3\C(=O)N(c4ccccc4)N=C3C(F)(F)F)o2)cc1. The molecular weight excluding hydrogens is 425 g/mol. The van der Waals surface area contributed by atoms with E-state index < -0.39 is 29.3 Å². The van der Waals surface area contributed by atoms with Crippen LogP contribution in [0.2, 0.25) is 0 Å². The number of alkyl halides is 3. The number of para-hydroxylation sites is 1. The van der Waals surface area contributed by atoms with Gasteiger partial charge in [-0.3, -0.25) is 4.79 Å². The molecule has 1 aliphatic heterocycles. The molecule has 2 aromatic carbocycles. The molecule has 1 aromatic heterocycles. The third-order valence-corrected chi connectivity index (χ3v) is 4.65. The highest BCUT2D eigenvalue weighted by Crippen LogP contribution is 2.33. The van der Waals surface area contributed by atoms with Gasteiger partial charge in [0.05, 0.1) is 23.9 Å².